The van der Waals surface area contributed by atoms with Crippen molar-refractivity contribution >= 4 is 11.7 Å². The van der Waals surface area contributed by atoms with E-state index in [1.165, 1.54) is 0 Å². The maximum Gasteiger partial charge on any atom is 0.319 e. The number of rotatable bonds is 10. The Morgan fingerprint density at radius 2 is 1.73 bits per heavy atom. The van der Waals surface area contributed by atoms with E-state index in [1.54, 1.807) is 44.7 Å². The number of hydrogen-bond donors (Lipinski definition) is 2. The third-order valence-corrected chi connectivity index (χ3v) is 4.22. The molecule has 2 aromatic carbocycles. The number of carbonyl (C=O) groups excluding carboxylic acids is 1. The van der Waals surface area contributed by atoms with E-state index in [-0.39, 0.29) is 6.03 Å². The SMILES string of the molecule is COCCOc1ccc(NC(=O)NCCc2coc(-c3ccc(OC)cc3)n2)cc1. The molecule has 0 aliphatic rings. The first-order valence-corrected chi connectivity index (χ1v) is 9.53. The molecule has 158 valence electrons. The van der Waals surface area contributed by atoms with E-state index in [2.05, 4.69) is 15.6 Å². The number of carbonyl (C=O) groups is 1. The molecule has 8 heteroatoms. The van der Waals surface area contributed by atoms with Gasteiger partial charge in [-0.3, -0.25) is 0 Å². The summed E-state index contributed by atoms with van der Waals surface area (Å²) < 4.78 is 21.1. The summed E-state index contributed by atoms with van der Waals surface area (Å²) in [5, 5.41) is 5.58. The van der Waals surface area contributed by atoms with Gasteiger partial charge in [0.25, 0.3) is 0 Å². The highest BCUT2D eigenvalue weighted by atomic mass is 16.5. The molecule has 0 bridgehead atoms. The van der Waals surface area contributed by atoms with Gasteiger partial charge in [0.15, 0.2) is 0 Å². The maximum absolute atomic E-state index is 12.1. The molecule has 0 spiro atoms. The lowest BCUT2D eigenvalue weighted by molar-refractivity contribution is 0.146. The summed E-state index contributed by atoms with van der Waals surface area (Å²) in [6.45, 7) is 1.43. The number of methoxy groups -OCH3 is 2. The molecule has 0 unspecified atom stereocenters. The standard InChI is InChI=1S/C22H25N3O5/c1-27-13-14-29-20-9-5-17(6-10-20)25-22(26)23-12-11-18-15-30-21(24-18)16-3-7-19(28-2)8-4-16/h3-10,15H,11-14H2,1-2H3,(H2,23,25,26). The highest BCUT2D eigenvalue weighted by molar-refractivity contribution is 5.89. The van der Waals surface area contributed by atoms with Gasteiger partial charge in [-0.1, -0.05) is 0 Å². The summed E-state index contributed by atoms with van der Waals surface area (Å²) in [7, 11) is 3.24. The first-order chi connectivity index (χ1) is 14.7. The van der Waals surface area contributed by atoms with Crippen LogP contribution in [0, 0.1) is 0 Å². The number of nitrogens with one attached hydrogen (secondary N) is 2. The van der Waals surface area contributed by atoms with Crippen molar-refractivity contribution in [2.75, 3.05) is 39.3 Å². The average Bonchev–Trinajstić information content (AvgIpc) is 3.24. The second-order valence-corrected chi connectivity index (χ2v) is 6.37. The zero-order valence-corrected chi connectivity index (χ0v) is 17.0. The van der Waals surface area contributed by atoms with Crippen LogP contribution in [-0.4, -0.2) is 45.0 Å². The smallest absolute Gasteiger partial charge is 0.319 e. The Kier molecular flexibility index (Phi) is 7.68. The molecule has 2 N–H and O–H groups in total. The molecule has 0 saturated carbocycles. The Hall–Kier alpha value is -3.52. The molecule has 8 nitrogen and oxygen atoms in total. The van der Waals surface area contributed by atoms with E-state index in [0.29, 0.717) is 37.8 Å². The zero-order chi connectivity index (χ0) is 21.2. The van der Waals surface area contributed by atoms with Crippen LogP contribution in [0.3, 0.4) is 0 Å². The third-order valence-electron chi connectivity index (χ3n) is 4.22. The number of aromatic nitrogens is 1. The van der Waals surface area contributed by atoms with Crippen molar-refractivity contribution in [3.63, 3.8) is 0 Å². The topological polar surface area (TPSA) is 94.9 Å². The Morgan fingerprint density at radius 3 is 2.43 bits per heavy atom. The Balaban J connectivity index is 1.41. The number of anilines is 1. The first-order valence-electron chi connectivity index (χ1n) is 9.53. The molecule has 0 radical (unpaired) electrons. The van der Waals surface area contributed by atoms with Crippen LogP contribution in [0.15, 0.2) is 59.2 Å². The van der Waals surface area contributed by atoms with Gasteiger partial charge in [-0.05, 0) is 48.5 Å². The van der Waals surface area contributed by atoms with Crippen molar-refractivity contribution in [2.45, 2.75) is 6.42 Å². The Bertz CT molecular complexity index is 923. The van der Waals surface area contributed by atoms with Gasteiger partial charge in [-0.25, -0.2) is 9.78 Å². The number of nitrogens with zero attached hydrogens (tertiary/aromatic N) is 1. The van der Waals surface area contributed by atoms with E-state index in [0.717, 1.165) is 22.8 Å². The number of benzene rings is 2. The van der Waals surface area contributed by atoms with Crippen LogP contribution < -0.4 is 20.1 Å². The van der Waals surface area contributed by atoms with E-state index in [9.17, 15) is 4.79 Å². The quantitative estimate of drug-likeness (QED) is 0.494. The number of urea groups is 1. The van der Waals surface area contributed by atoms with Gasteiger partial charge in [0.2, 0.25) is 5.89 Å². The second kappa shape index (κ2) is 10.9. The van der Waals surface area contributed by atoms with Crippen molar-refractivity contribution in [1.82, 2.24) is 10.3 Å². The largest absolute Gasteiger partial charge is 0.497 e. The molecular weight excluding hydrogens is 386 g/mol. The van der Waals surface area contributed by atoms with Crippen molar-refractivity contribution in [1.29, 1.82) is 0 Å². The summed E-state index contributed by atoms with van der Waals surface area (Å²) in [5.74, 6) is 2.02. The third kappa shape index (κ3) is 6.25. The van der Waals surface area contributed by atoms with Crippen LogP contribution in [0.1, 0.15) is 5.69 Å². The molecular formula is C22H25N3O5. The van der Waals surface area contributed by atoms with Gasteiger partial charge in [0.05, 0.1) is 19.4 Å². The van der Waals surface area contributed by atoms with Gasteiger partial charge >= 0.3 is 6.03 Å². The van der Waals surface area contributed by atoms with E-state index >= 15 is 0 Å². The zero-order valence-electron chi connectivity index (χ0n) is 17.0. The number of hydrogen-bond acceptors (Lipinski definition) is 6. The van der Waals surface area contributed by atoms with Gasteiger partial charge in [-0.2, -0.15) is 0 Å². The van der Waals surface area contributed by atoms with Crippen molar-refractivity contribution in [2.24, 2.45) is 0 Å². The minimum absolute atomic E-state index is 0.290. The van der Waals surface area contributed by atoms with Crippen molar-refractivity contribution < 1.29 is 23.4 Å². The van der Waals surface area contributed by atoms with Gasteiger partial charge in [-0.15, -0.1) is 0 Å². The summed E-state index contributed by atoms with van der Waals surface area (Å²) >= 11 is 0. The van der Waals surface area contributed by atoms with Crippen LogP contribution in [-0.2, 0) is 11.2 Å². The highest BCUT2D eigenvalue weighted by Crippen LogP contribution is 2.21. The van der Waals surface area contributed by atoms with Gasteiger partial charge in [0.1, 0.15) is 24.4 Å². The van der Waals surface area contributed by atoms with Gasteiger partial charge in [0, 0.05) is 31.3 Å². The molecule has 0 atom stereocenters. The molecule has 3 rings (SSSR count). The molecule has 1 aromatic heterocycles. The van der Waals surface area contributed by atoms with Gasteiger partial charge < -0.3 is 29.3 Å². The molecule has 0 aliphatic carbocycles. The van der Waals surface area contributed by atoms with Crippen LogP contribution in [0.5, 0.6) is 11.5 Å². The Labute approximate surface area is 175 Å². The first kappa shape index (κ1) is 21.2. The van der Waals surface area contributed by atoms with Crippen LogP contribution >= 0.6 is 0 Å². The normalized spacial score (nSPS) is 10.5. The molecule has 2 amide bonds. The van der Waals surface area contributed by atoms with Crippen LogP contribution in [0.2, 0.25) is 0 Å². The lowest BCUT2D eigenvalue weighted by atomic mass is 10.2. The average molecular weight is 411 g/mol. The second-order valence-electron chi connectivity index (χ2n) is 6.37. The summed E-state index contributed by atoms with van der Waals surface area (Å²) in [5.41, 5.74) is 2.30. The highest BCUT2D eigenvalue weighted by Gasteiger charge is 2.08. The summed E-state index contributed by atoms with van der Waals surface area (Å²) in [6, 6.07) is 14.3. The lowest BCUT2D eigenvalue weighted by Crippen LogP contribution is -2.30. The van der Waals surface area contributed by atoms with Crippen LogP contribution in [0.25, 0.3) is 11.5 Å². The number of ether oxygens (including phenoxy) is 3. The van der Waals surface area contributed by atoms with E-state index in [4.69, 9.17) is 18.6 Å². The minimum Gasteiger partial charge on any atom is -0.497 e. The molecule has 0 saturated heterocycles. The minimum atomic E-state index is -0.290. The molecule has 0 aliphatic heterocycles. The van der Waals surface area contributed by atoms with Crippen molar-refractivity contribution in [3.8, 4) is 23.0 Å². The van der Waals surface area contributed by atoms with Crippen LogP contribution in [0.4, 0.5) is 10.5 Å². The fourth-order valence-corrected chi connectivity index (χ4v) is 2.64. The monoisotopic (exact) mass is 411 g/mol. The Morgan fingerprint density at radius 1 is 1.00 bits per heavy atom. The van der Waals surface area contributed by atoms with E-state index in [1.807, 2.05) is 24.3 Å². The molecule has 3 aromatic rings. The summed E-state index contributed by atoms with van der Waals surface area (Å²) in [6.07, 6.45) is 2.15. The fraction of sp³-hybridized carbons (Fsp3) is 0.273. The molecule has 1 heterocycles. The van der Waals surface area contributed by atoms with E-state index < -0.39 is 0 Å². The van der Waals surface area contributed by atoms with Crippen molar-refractivity contribution in [3.05, 3.63) is 60.5 Å². The molecule has 0 fully saturated rings. The summed E-state index contributed by atoms with van der Waals surface area (Å²) in [4.78, 5) is 16.5. The molecule has 30 heavy (non-hydrogen) atoms. The predicted molar refractivity (Wildman–Crippen MR) is 113 cm³/mol. The number of oxazole rings is 1. The number of amides is 2. The predicted octanol–water partition coefficient (Wildman–Crippen LogP) is 3.74. The maximum atomic E-state index is 12.1. The lowest BCUT2D eigenvalue weighted by Gasteiger charge is -2.09. The fourth-order valence-electron chi connectivity index (χ4n) is 2.64.